The van der Waals surface area contributed by atoms with Crippen LogP contribution in [0.25, 0.3) is 0 Å². The van der Waals surface area contributed by atoms with Crippen LogP contribution >= 0.6 is 0 Å². The highest BCUT2D eigenvalue weighted by atomic mass is 16.6. The summed E-state index contributed by atoms with van der Waals surface area (Å²) < 4.78 is 18.6. The lowest BCUT2D eigenvalue weighted by Crippen LogP contribution is -2.69. The van der Waals surface area contributed by atoms with Crippen molar-refractivity contribution in [2.24, 2.45) is 39.4 Å². The molecular weight excluding hydrogens is 416 g/mol. The van der Waals surface area contributed by atoms with E-state index < -0.39 is 11.5 Å². The minimum atomic E-state index is -0.619. The molecule has 1 aromatic rings. The number of ether oxygens (including phenoxy) is 2. The summed E-state index contributed by atoms with van der Waals surface area (Å²) in [6, 6.07) is 2.11. The molecule has 6 rings (SSSR count). The molecule has 33 heavy (non-hydrogen) atoms. The van der Waals surface area contributed by atoms with Crippen molar-refractivity contribution >= 4 is 11.8 Å². The van der Waals surface area contributed by atoms with Crippen LogP contribution in [0, 0.1) is 39.4 Å². The van der Waals surface area contributed by atoms with Crippen LogP contribution in [0.5, 0.6) is 0 Å². The lowest BCUT2D eigenvalue weighted by molar-refractivity contribution is -0.234. The van der Waals surface area contributed by atoms with Crippen LogP contribution in [0.4, 0.5) is 0 Å². The highest BCUT2D eigenvalue weighted by Gasteiger charge is 2.78. The van der Waals surface area contributed by atoms with E-state index in [0.29, 0.717) is 17.8 Å². The Hall–Kier alpha value is -1.88. The number of hydrogen-bond acceptors (Lipinski definition) is 5. The van der Waals surface area contributed by atoms with Crippen molar-refractivity contribution in [3.63, 3.8) is 0 Å². The Morgan fingerprint density at radius 1 is 1.15 bits per heavy atom. The molecule has 1 saturated heterocycles. The number of hydrogen-bond donors (Lipinski definition) is 0. The maximum Gasteiger partial charge on any atom is 0.303 e. The van der Waals surface area contributed by atoms with Gasteiger partial charge in [0.25, 0.3) is 0 Å². The molecule has 3 unspecified atom stereocenters. The first kappa shape index (κ1) is 21.6. The summed E-state index contributed by atoms with van der Waals surface area (Å²) in [4.78, 5) is 25.4. The predicted molar refractivity (Wildman–Crippen MR) is 122 cm³/mol. The van der Waals surface area contributed by atoms with Gasteiger partial charge in [0.05, 0.1) is 18.6 Å². The third-order valence-electron chi connectivity index (χ3n) is 11.0. The molecule has 0 N–H and O–H groups in total. The normalized spacial score (nSPS) is 51.2. The zero-order valence-electron chi connectivity index (χ0n) is 20.6. The molecule has 5 heteroatoms. The third-order valence-corrected chi connectivity index (χ3v) is 11.0. The van der Waals surface area contributed by atoms with Gasteiger partial charge in [0.15, 0.2) is 5.78 Å². The zero-order chi connectivity index (χ0) is 23.6. The predicted octanol–water partition coefficient (Wildman–Crippen LogP) is 5.31. The smallest absolute Gasteiger partial charge is 0.303 e. The quantitative estimate of drug-likeness (QED) is 0.569. The Labute approximate surface area is 196 Å². The van der Waals surface area contributed by atoms with Gasteiger partial charge in [-0.2, -0.15) is 0 Å². The molecule has 4 aliphatic carbocycles. The number of rotatable bonds is 2. The van der Waals surface area contributed by atoms with Crippen molar-refractivity contribution in [2.75, 3.05) is 0 Å². The van der Waals surface area contributed by atoms with E-state index in [-0.39, 0.29) is 46.1 Å². The van der Waals surface area contributed by atoms with Gasteiger partial charge in [0.1, 0.15) is 12.2 Å². The number of ketones is 1. The van der Waals surface area contributed by atoms with Gasteiger partial charge in [0.2, 0.25) is 0 Å². The molecule has 1 aromatic heterocycles. The highest BCUT2D eigenvalue weighted by molar-refractivity contribution is 5.96. The van der Waals surface area contributed by atoms with E-state index in [2.05, 4.69) is 32.9 Å². The van der Waals surface area contributed by atoms with Crippen molar-refractivity contribution in [2.45, 2.75) is 85.0 Å². The molecule has 10 atom stereocenters. The van der Waals surface area contributed by atoms with Crippen LogP contribution in [0.15, 0.2) is 35.2 Å². The van der Waals surface area contributed by atoms with Gasteiger partial charge < -0.3 is 13.9 Å². The average molecular weight is 453 g/mol. The van der Waals surface area contributed by atoms with Crippen molar-refractivity contribution < 1.29 is 23.5 Å². The van der Waals surface area contributed by atoms with E-state index in [0.717, 1.165) is 19.3 Å². The van der Waals surface area contributed by atoms with Crippen LogP contribution in [-0.2, 0) is 19.1 Å². The monoisotopic (exact) mass is 452 g/mol. The second-order valence-electron chi connectivity index (χ2n) is 12.7. The molecule has 5 aliphatic rings. The van der Waals surface area contributed by atoms with Crippen LogP contribution in [0.2, 0.25) is 0 Å². The van der Waals surface area contributed by atoms with E-state index >= 15 is 0 Å². The molecule has 0 amide bonds. The number of esters is 1. The molecule has 0 spiro atoms. The lowest BCUT2D eigenvalue weighted by atomic mass is 9.37. The largest absolute Gasteiger partial charge is 0.472 e. The Kier molecular flexibility index (Phi) is 4.20. The van der Waals surface area contributed by atoms with E-state index in [4.69, 9.17) is 13.9 Å². The van der Waals surface area contributed by atoms with E-state index in [1.165, 1.54) is 12.5 Å². The SMILES string of the molecule is CC(=O)O[C@H]1[C@@H]2OC3C[C@@H](c4ccoc4)[C@]4(C)CC[C@@H](C2(C)C34)[C@@]2(C)C=CC(=O)C(C)(C)[C@H]12. The molecule has 5 nitrogen and oxygen atoms in total. The molecule has 0 radical (unpaired) electrons. The number of allylic oxidation sites excluding steroid dienone is 2. The van der Waals surface area contributed by atoms with E-state index in [1.54, 1.807) is 12.3 Å². The molecular formula is C28H36O5. The van der Waals surface area contributed by atoms with Crippen LogP contribution < -0.4 is 0 Å². The minimum absolute atomic E-state index is 0.0994. The van der Waals surface area contributed by atoms with Crippen molar-refractivity contribution in [3.8, 4) is 0 Å². The standard InChI is InChI=1S/C28H36O5/c1-15(29)32-21-23-25(2,3)20(30)8-11-27(23,5)19-7-10-26(4)17(16-9-12-31-14-16)13-18-22(26)28(19,6)24(21)33-18/h8-9,11-12,14,17-19,21-24H,7,10,13H2,1-6H3/t17-,18?,19+,21+,22?,23-,24-,26-,27+,28?/m0/s1. The summed E-state index contributed by atoms with van der Waals surface area (Å²) in [6.07, 6.45) is 10.3. The van der Waals surface area contributed by atoms with Gasteiger partial charge >= 0.3 is 5.97 Å². The first-order chi connectivity index (χ1) is 15.5. The van der Waals surface area contributed by atoms with E-state index in [1.807, 2.05) is 20.1 Å². The number of carbonyl (C=O) groups excluding carboxylic acids is 2. The molecule has 3 saturated carbocycles. The Bertz CT molecular complexity index is 1040. The molecule has 178 valence electrons. The molecule has 1 aliphatic heterocycles. The van der Waals surface area contributed by atoms with Crippen LogP contribution in [-0.4, -0.2) is 30.1 Å². The summed E-state index contributed by atoms with van der Waals surface area (Å²) >= 11 is 0. The fourth-order valence-corrected chi connectivity index (χ4v) is 10.0. The molecule has 0 aromatic carbocycles. The Balaban J connectivity index is 1.52. The van der Waals surface area contributed by atoms with Gasteiger partial charge in [-0.15, -0.1) is 0 Å². The maximum absolute atomic E-state index is 13.1. The van der Waals surface area contributed by atoms with Gasteiger partial charge in [-0.3, -0.25) is 9.59 Å². The first-order valence-electron chi connectivity index (χ1n) is 12.5. The second kappa shape index (κ2) is 6.41. The van der Waals surface area contributed by atoms with Crippen molar-refractivity contribution in [3.05, 3.63) is 36.3 Å². The molecule has 0 bridgehead atoms. The third kappa shape index (κ3) is 2.42. The Morgan fingerprint density at radius 3 is 2.58 bits per heavy atom. The van der Waals surface area contributed by atoms with Crippen LogP contribution in [0.1, 0.15) is 72.3 Å². The minimum Gasteiger partial charge on any atom is -0.472 e. The summed E-state index contributed by atoms with van der Waals surface area (Å²) in [7, 11) is 0. The summed E-state index contributed by atoms with van der Waals surface area (Å²) in [6.45, 7) is 12.7. The molecule has 4 fully saturated rings. The zero-order valence-corrected chi connectivity index (χ0v) is 20.6. The number of furan rings is 1. The highest BCUT2D eigenvalue weighted by Crippen LogP contribution is 2.77. The van der Waals surface area contributed by atoms with Crippen molar-refractivity contribution in [1.29, 1.82) is 0 Å². The van der Waals surface area contributed by atoms with Gasteiger partial charge in [-0.05, 0) is 65.6 Å². The summed E-state index contributed by atoms with van der Waals surface area (Å²) in [5.41, 5.74) is 0.377. The Morgan fingerprint density at radius 2 is 1.91 bits per heavy atom. The maximum atomic E-state index is 13.1. The van der Waals surface area contributed by atoms with Gasteiger partial charge in [-0.1, -0.05) is 40.7 Å². The summed E-state index contributed by atoms with van der Waals surface area (Å²) in [5, 5.41) is 0. The van der Waals surface area contributed by atoms with E-state index in [9.17, 15) is 9.59 Å². The summed E-state index contributed by atoms with van der Waals surface area (Å²) in [5.74, 6) is 0.854. The fraction of sp³-hybridized carbons (Fsp3) is 0.714. The first-order valence-corrected chi connectivity index (χ1v) is 12.5. The number of fused-ring (bicyclic) bond motifs is 2. The fourth-order valence-electron chi connectivity index (χ4n) is 10.0. The second-order valence-corrected chi connectivity index (χ2v) is 12.7. The van der Waals surface area contributed by atoms with Crippen molar-refractivity contribution in [1.82, 2.24) is 0 Å². The topological polar surface area (TPSA) is 65.7 Å². The molecule has 2 heterocycles. The average Bonchev–Trinajstić information content (AvgIpc) is 3.40. The van der Waals surface area contributed by atoms with Crippen LogP contribution in [0.3, 0.4) is 0 Å². The number of carbonyl (C=O) groups is 2. The van der Waals surface area contributed by atoms with Gasteiger partial charge in [0, 0.05) is 23.7 Å². The van der Waals surface area contributed by atoms with Gasteiger partial charge in [-0.25, -0.2) is 0 Å². The lowest BCUT2D eigenvalue weighted by Gasteiger charge is -2.67.